The van der Waals surface area contributed by atoms with Gasteiger partial charge in [-0.3, -0.25) is 0 Å². The van der Waals surface area contributed by atoms with E-state index >= 15 is 0 Å². The quantitative estimate of drug-likeness (QED) is 0.599. The first-order chi connectivity index (χ1) is 13.0. The first kappa shape index (κ1) is 18.7. The Morgan fingerprint density at radius 2 is 1.74 bits per heavy atom. The summed E-state index contributed by atoms with van der Waals surface area (Å²) in [6.45, 7) is 7.00. The second-order valence-electron chi connectivity index (χ2n) is 6.79. The van der Waals surface area contributed by atoms with E-state index in [-0.39, 0.29) is 0 Å². The maximum atomic E-state index is 5.19. The number of benzene rings is 2. The van der Waals surface area contributed by atoms with Gasteiger partial charge in [0.1, 0.15) is 11.6 Å². The van der Waals surface area contributed by atoms with E-state index in [2.05, 4.69) is 52.6 Å². The molecule has 27 heavy (non-hydrogen) atoms. The zero-order chi connectivity index (χ0) is 19.2. The van der Waals surface area contributed by atoms with Crippen LogP contribution in [0, 0.1) is 6.92 Å². The number of hydrogen-bond donors (Lipinski definition) is 2. The lowest BCUT2D eigenvalue weighted by atomic mass is 10.0. The number of aryl methyl sites for hydroxylation is 1. The summed E-state index contributed by atoms with van der Waals surface area (Å²) in [6.07, 6.45) is 0. The number of rotatable bonds is 7. The number of para-hydroxylation sites is 1. The molecule has 3 aromatic rings. The van der Waals surface area contributed by atoms with Crippen molar-refractivity contribution >= 4 is 17.5 Å². The van der Waals surface area contributed by atoms with Crippen molar-refractivity contribution in [1.82, 2.24) is 9.97 Å². The lowest BCUT2D eigenvalue weighted by Gasteiger charge is -2.15. The molecule has 0 aliphatic rings. The Morgan fingerprint density at radius 1 is 1.00 bits per heavy atom. The van der Waals surface area contributed by atoms with Crippen LogP contribution in [0.25, 0.3) is 0 Å². The minimum Gasteiger partial charge on any atom is -0.497 e. The number of anilines is 3. The van der Waals surface area contributed by atoms with Crippen molar-refractivity contribution in [2.24, 2.45) is 0 Å². The van der Waals surface area contributed by atoms with E-state index in [1.807, 2.05) is 43.3 Å². The third kappa shape index (κ3) is 4.97. The molecule has 0 atom stereocenters. The second kappa shape index (κ2) is 8.54. The number of nitrogens with zero attached hydrogens (tertiary/aromatic N) is 2. The molecule has 2 aromatic carbocycles. The summed E-state index contributed by atoms with van der Waals surface area (Å²) in [7, 11) is 1.67. The SMILES string of the molecule is COc1ccc(CNc2nc(C)cc(Nc3ccccc3C(C)C)n2)cc1. The van der Waals surface area contributed by atoms with Gasteiger partial charge in [0.15, 0.2) is 0 Å². The number of ether oxygens (including phenoxy) is 1. The van der Waals surface area contributed by atoms with Crippen LogP contribution in [0.1, 0.15) is 36.6 Å². The fourth-order valence-corrected chi connectivity index (χ4v) is 2.89. The molecule has 3 rings (SSSR count). The molecule has 1 aromatic heterocycles. The number of methoxy groups -OCH3 is 1. The highest BCUT2D eigenvalue weighted by molar-refractivity contribution is 5.62. The van der Waals surface area contributed by atoms with Gasteiger partial charge in [0.05, 0.1) is 7.11 Å². The van der Waals surface area contributed by atoms with E-state index in [4.69, 9.17) is 4.74 Å². The van der Waals surface area contributed by atoms with E-state index in [0.29, 0.717) is 18.4 Å². The van der Waals surface area contributed by atoms with E-state index in [1.54, 1.807) is 7.11 Å². The predicted molar refractivity (Wildman–Crippen MR) is 111 cm³/mol. The molecular formula is C22H26N4O. The van der Waals surface area contributed by atoms with Crippen LogP contribution in [-0.4, -0.2) is 17.1 Å². The smallest absolute Gasteiger partial charge is 0.225 e. The minimum absolute atomic E-state index is 0.435. The van der Waals surface area contributed by atoms with Gasteiger partial charge in [-0.25, -0.2) is 4.98 Å². The van der Waals surface area contributed by atoms with Gasteiger partial charge in [0, 0.05) is 24.0 Å². The first-order valence-electron chi connectivity index (χ1n) is 9.13. The fourth-order valence-electron chi connectivity index (χ4n) is 2.89. The molecule has 140 valence electrons. The number of aromatic nitrogens is 2. The van der Waals surface area contributed by atoms with Gasteiger partial charge in [-0.1, -0.05) is 44.2 Å². The summed E-state index contributed by atoms with van der Waals surface area (Å²) >= 11 is 0. The van der Waals surface area contributed by atoms with Crippen molar-refractivity contribution in [2.75, 3.05) is 17.7 Å². The molecule has 0 unspecified atom stereocenters. The van der Waals surface area contributed by atoms with Gasteiger partial charge in [0.2, 0.25) is 5.95 Å². The van der Waals surface area contributed by atoms with Crippen LogP contribution in [0.15, 0.2) is 54.6 Å². The molecule has 1 heterocycles. The highest BCUT2D eigenvalue weighted by Gasteiger charge is 2.08. The molecular weight excluding hydrogens is 336 g/mol. The molecule has 0 aliphatic carbocycles. The van der Waals surface area contributed by atoms with Crippen LogP contribution in [-0.2, 0) is 6.54 Å². The zero-order valence-electron chi connectivity index (χ0n) is 16.3. The second-order valence-corrected chi connectivity index (χ2v) is 6.79. The van der Waals surface area contributed by atoms with Crippen molar-refractivity contribution in [2.45, 2.75) is 33.2 Å². The van der Waals surface area contributed by atoms with Gasteiger partial charge in [-0.2, -0.15) is 4.98 Å². The predicted octanol–water partition coefficient (Wildman–Crippen LogP) is 5.27. The number of hydrogen-bond acceptors (Lipinski definition) is 5. The lowest BCUT2D eigenvalue weighted by Crippen LogP contribution is -2.07. The van der Waals surface area contributed by atoms with E-state index < -0.39 is 0 Å². The van der Waals surface area contributed by atoms with Gasteiger partial charge in [-0.15, -0.1) is 0 Å². The molecule has 5 heteroatoms. The Morgan fingerprint density at radius 3 is 2.44 bits per heavy atom. The summed E-state index contributed by atoms with van der Waals surface area (Å²) in [5.74, 6) is 2.67. The molecule has 5 nitrogen and oxygen atoms in total. The van der Waals surface area contributed by atoms with Crippen molar-refractivity contribution in [3.8, 4) is 5.75 Å². The normalized spacial score (nSPS) is 10.7. The highest BCUT2D eigenvalue weighted by atomic mass is 16.5. The molecule has 0 saturated carbocycles. The van der Waals surface area contributed by atoms with E-state index in [1.165, 1.54) is 5.56 Å². The summed E-state index contributed by atoms with van der Waals surface area (Å²) in [4.78, 5) is 9.11. The lowest BCUT2D eigenvalue weighted by molar-refractivity contribution is 0.414. The Hall–Kier alpha value is -3.08. The van der Waals surface area contributed by atoms with Crippen LogP contribution in [0.5, 0.6) is 5.75 Å². The molecule has 0 amide bonds. The summed E-state index contributed by atoms with van der Waals surface area (Å²) in [6, 6.07) is 18.2. The molecule has 0 bridgehead atoms. The Kier molecular flexibility index (Phi) is 5.91. The summed E-state index contributed by atoms with van der Waals surface area (Å²) in [5, 5.41) is 6.74. The Balaban J connectivity index is 1.74. The molecule has 0 aliphatic heterocycles. The van der Waals surface area contributed by atoms with Gasteiger partial charge >= 0.3 is 0 Å². The Bertz CT molecular complexity index is 891. The Labute approximate surface area is 160 Å². The van der Waals surface area contributed by atoms with Gasteiger partial charge in [-0.05, 0) is 42.2 Å². The van der Waals surface area contributed by atoms with Gasteiger partial charge in [0.25, 0.3) is 0 Å². The van der Waals surface area contributed by atoms with Crippen LogP contribution in [0.4, 0.5) is 17.5 Å². The fraction of sp³-hybridized carbons (Fsp3) is 0.273. The van der Waals surface area contributed by atoms with Crippen molar-refractivity contribution < 1.29 is 4.74 Å². The third-order valence-corrected chi connectivity index (χ3v) is 4.31. The maximum absolute atomic E-state index is 5.19. The third-order valence-electron chi connectivity index (χ3n) is 4.31. The molecule has 0 saturated heterocycles. The van der Waals surface area contributed by atoms with Gasteiger partial charge < -0.3 is 15.4 Å². The van der Waals surface area contributed by atoms with Crippen LogP contribution < -0.4 is 15.4 Å². The van der Waals surface area contributed by atoms with Crippen LogP contribution in [0.2, 0.25) is 0 Å². The topological polar surface area (TPSA) is 59.1 Å². The highest BCUT2D eigenvalue weighted by Crippen LogP contribution is 2.26. The summed E-state index contributed by atoms with van der Waals surface area (Å²) < 4.78 is 5.19. The van der Waals surface area contributed by atoms with Crippen molar-refractivity contribution in [3.63, 3.8) is 0 Å². The number of nitrogens with one attached hydrogen (secondary N) is 2. The average molecular weight is 362 g/mol. The minimum atomic E-state index is 0.435. The standard InChI is InChI=1S/C22H26N4O/c1-15(2)19-7-5-6-8-20(19)25-21-13-16(3)24-22(26-21)23-14-17-9-11-18(27-4)12-10-17/h5-13,15H,14H2,1-4H3,(H2,23,24,25,26). The molecule has 0 spiro atoms. The van der Waals surface area contributed by atoms with Crippen LogP contribution in [0.3, 0.4) is 0 Å². The largest absolute Gasteiger partial charge is 0.497 e. The molecule has 2 N–H and O–H groups in total. The molecule has 0 fully saturated rings. The van der Waals surface area contributed by atoms with E-state index in [9.17, 15) is 0 Å². The first-order valence-corrected chi connectivity index (χ1v) is 9.13. The van der Waals surface area contributed by atoms with Crippen molar-refractivity contribution in [1.29, 1.82) is 0 Å². The van der Waals surface area contributed by atoms with Crippen molar-refractivity contribution in [3.05, 3.63) is 71.4 Å². The monoisotopic (exact) mass is 362 g/mol. The average Bonchev–Trinajstić information content (AvgIpc) is 2.66. The van der Waals surface area contributed by atoms with Crippen LogP contribution >= 0.6 is 0 Å². The summed E-state index contributed by atoms with van der Waals surface area (Å²) in [5.41, 5.74) is 4.39. The zero-order valence-corrected chi connectivity index (χ0v) is 16.3. The molecule has 0 radical (unpaired) electrons. The van der Waals surface area contributed by atoms with E-state index in [0.717, 1.165) is 28.5 Å². The maximum Gasteiger partial charge on any atom is 0.225 e.